The molecule has 0 bridgehead atoms. The predicted octanol–water partition coefficient (Wildman–Crippen LogP) is 2.16. The summed E-state index contributed by atoms with van der Waals surface area (Å²) in [6.45, 7) is 1.87. The Morgan fingerprint density at radius 2 is 2.21 bits per heavy atom. The molecule has 2 rings (SSSR count). The van der Waals surface area contributed by atoms with Crippen molar-refractivity contribution in [3.63, 3.8) is 0 Å². The fourth-order valence-electron chi connectivity index (χ4n) is 1.41. The van der Waals surface area contributed by atoms with Crippen LogP contribution in [0.25, 0.3) is 0 Å². The Morgan fingerprint density at radius 1 is 1.43 bits per heavy atom. The normalized spacial score (nSPS) is 15.5. The van der Waals surface area contributed by atoms with Crippen LogP contribution in [0, 0.1) is 12.8 Å². The third-order valence-corrected chi connectivity index (χ3v) is 2.54. The van der Waals surface area contributed by atoms with E-state index in [2.05, 4.69) is 9.97 Å². The fourth-order valence-corrected chi connectivity index (χ4v) is 1.41. The van der Waals surface area contributed by atoms with Crippen molar-refractivity contribution >= 4 is 5.78 Å². The molecule has 1 saturated carbocycles. The molecular formula is C11H14N2O. The number of hydrogen-bond acceptors (Lipinski definition) is 3. The minimum absolute atomic E-state index is 0.129. The largest absolute Gasteiger partial charge is 0.292 e. The minimum Gasteiger partial charge on any atom is -0.292 e. The predicted molar refractivity (Wildman–Crippen MR) is 53.1 cm³/mol. The molecular weight excluding hydrogens is 176 g/mol. The lowest BCUT2D eigenvalue weighted by Gasteiger charge is -1.98. The van der Waals surface area contributed by atoms with Crippen LogP contribution < -0.4 is 0 Å². The smallest absolute Gasteiger partial charge is 0.182 e. The lowest BCUT2D eigenvalue weighted by molar-refractivity contribution is 0.0973. The van der Waals surface area contributed by atoms with E-state index in [-0.39, 0.29) is 5.78 Å². The second-order valence-electron chi connectivity index (χ2n) is 3.95. The van der Waals surface area contributed by atoms with E-state index in [1.165, 1.54) is 12.8 Å². The summed E-state index contributed by atoms with van der Waals surface area (Å²) in [7, 11) is 0. The molecule has 0 spiro atoms. The second-order valence-corrected chi connectivity index (χ2v) is 3.95. The number of Topliss-reactive ketones (excluding diaryl/α,β-unsaturated/α-hetero) is 1. The van der Waals surface area contributed by atoms with Gasteiger partial charge in [-0.2, -0.15) is 0 Å². The SMILES string of the molecule is Cc1cnc(C(=O)CCC2CC2)cn1. The van der Waals surface area contributed by atoms with Gasteiger partial charge in [0.15, 0.2) is 5.78 Å². The highest BCUT2D eigenvalue weighted by Gasteiger charge is 2.22. The molecule has 3 heteroatoms. The van der Waals surface area contributed by atoms with Gasteiger partial charge in [-0.3, -0.25) is 9.78 Å². The lowest BCUT2D eigenvalue weighted by atomic mass is 10.1. The van der Waals surface area contributed by atoms with Crippen LogP contribution in [-0.4, -0.2) is 15.8 Å². The van der Waals surface area contributed by atoms with E-state index in [9.17, 15) is 4.79 Å². The van der Waals surface area contributed by atoms with Gasteiger partial charge in [-0.1, -0.05) is 12.8 Å². The maximum Gasteiger partial charge on any atom is 0.182 e. The number of carbonyl (C=O) groups is 1. The van der Waals surface area contributed by atoms with Gasteiger partial charge in [0.2, 0.25) is 0 Å². The summed E-state index contributed by atoms with van der Waals surface area (Å²) in [6, 6.07) is 0. The Morgan fingerprint density at radius 3 is 2.79 bits per heavy atom. The van der Waals surface area contributed by atoms with Crippen molar-refractivity contribution < 1.29 is 4.79 Å². The Kier molecular flexibility index (Phi) is 2.57. The summed E-state index contributed by atoms with van der Waals surface area (Å²) >= 11 is 0. The van der Waals surface area contributed by atoms with Crippen LogP contribution >= 0.6 is 0 Å². The Balaban J connectivity index is 1.92. The highest BCUT2D eigenvalue weighted by molar-refractivity contribution is 5.93. The van der Waals surface area contributed by atoms with Gasteiger partial charge >= 0.3 is 0 Å². The Labute approximate surface area is 83.6 Å². The van der Waals surface area contributed by atoms with E-state index < -0.39 is 0 Å². The van der Waals surface area contributed by atoms with E-state index in [0.717, 1.165) is 18.0 Å². The highest BCUT2D eigenvalue weighted by Crippen LogP contribution is 2.33. The molecule has 0 N–H and O–H groups in total. The molecule has 3 nitrogen and oxygen atoms in total. The molecule has 1 heterocycles. The summed E-state index contributed by atoms with van der Waals surface area (Å²) in [5, 5.41) is 0. The number of ketones is 1. The van der Waals surface area contributed by atoms with Gasteiger partial charge in [0, 0.05) is 12.6 Å². The van der Waals surface area contributed by atoms with Gasteiger partial charge in [-0.25, -0.2) is 4.98 Å². The molecule has 0 aliphatic heterocycles. The molecule has 74 valence electrons. The maximum atomic E-state index is 11.6. The van der Waals surface area contributed by atoms with Gasteiger partial charge in [-0.15, -0.1) is 0 Å². The van der Waals surface area contributed by atoms with Crippen LogP contribution in [-0.2, 0) is 0 Å². The van der Waals surface area contributed by atoms with Crippen LogP contribution in [0.5, 0.6) is 0 Å². The standard InChI is InChI=1S/C11H14N2O/c1-8-6-13-10(7-12-8)11(14)5-4-9-2-3-9/h6-7,9H,2-5H2,1H3. The van der Waals surface area contributed by atoms with Gasteiger partial charge in [0.25, 0.3) is 0 Å². The molecule has 0 radical (unpaired) electrons. The van der Waals surface area contributed by atoms with Crippen LogP contribution in [0.3, 0.4) is 0 Å². The van der Waals surface area contributed by atoms with Gasteiger partial charge in [0.1, 0.15) is 5.69 Å². The first-order valence-electron chi connectivity index (χ1n) is 5.07. The molecule has 1 aliphatic rings. The van der Waals surface area contributed by atoms with Gasteiger partial charge < -0.3 is 0 Å². The quantitative estimate of drug-likeness (QED) is 0.683. The zero-order valence-electron chi connectivity index (χ0n) is 8.36. The second kappa shape index (κ2) is 3.86. The van der Waals surface area contributed by atoms with Crippen LogP contribution in [0.2, 0.25) is 0 Å². The van der Waals surface area contributed by atoms with Crippen molar-refractivity contribution in [2.24, 2.45) is 5.92 Å². The summed E-state index contributed by atoms with van der Waals surface area (Å²) in [5.41, 5.74) is 1.36. The zero-order chi connectivity index (χ0) is 9.97. The number of hydrogen-bond donors (Lipinski definition) is 0. The van der Waals surface area contributed by atoms with E-state index in [0.29, 0.717) is 12.1 Å². The van der Waals surface area contributed by atoms with Crippen molar-refractivity contribution in [3.05, 3.63) is 23.8 Å². The number of aryl methyl sites for hydroxylation is 1. The zero-order valence-corrected chi connectivity index (χ0v) is 8.36. The van der Waals surface area contributed by atoms with Gasteiger partial charge in [-0.05, 0) is 19.3 Å². The third kappa shape index (κ3) is 2.37. The minimum atomic E-state index is 0.129. The number of aromatic nitrogens is 2. The summed E-state index contributed by atoms with van der Waals surface area (Å²) in [6.07, 6.45) is 7.46. The van der Waals surface area contributed by atoms with Crippen molar-refractivity contribution in [1.82, 2.24) is 9.97 Å². The average Bonchev–Trinajstić information content (AvgIpc) is 2.99. The maximum absolute atomic E-state index is 11.6. The first kappa shape index (κ1) is 9.31. The van der Waals surface area contributed by atoms with E-state index in [4.69, 9.17) is 0 Å². The third-order valence-electron chi connectivity index (χ3n) is 2.54. The van der Waals surface area contributed by atoms with Crippen molar-refractivity contribution in [2.75, 3.05) is 0 Å². The Bertz CT molecular complexity index is 328. The average molecular weight is 190 g/mol. The van der Waals surface area contributed by atoms with Gasteiger partial charge in [0.05, 0.1) is 11.9 Å². The van der Waals surface area contributed by atoms with E-state index >= 15 is 0 Å². The summed E-state index contributed by atoms with van der Waals surface area (Å²) in [5.74, 6) is 0.932. The molecule has 0 amide bonds. The van der Waals surface area contributed by atoms with Crippen molar-refractivity contribution in [3.8, 4) is 0 Å². The number of rotatable bonds is 4. The molecule has 1 aliphatic carbocycles. The molecule has 1 aromatic heterocycles. The molecule has 1 aromatic rings. The first-order chi connectivity index (χ1) is 6.75. The Hall–Kier alpha value is -1.25. The number of nitrogens with zero attached hydrogens (tertiary/aromatic N) is 2. The fraction of sp³-hybridized carbons (Fsp3) is 0.545. The topological polar surface area (TPSA) is 42.9 Å². The van der Waals surface area contributed by atoms with E-state index in [1.54, 1.807) is 12.4 Å². The molecule has 0 atom stereocenters. The summed E-state index contributed by atoms with van der Waals surface area (Å²) in [4.78, 5) is 19.7. The van der Waals surface area contributed by atoms with Crippen LogP contribution in [0.1, 0.15) is 41.9 Å². The molecule has 0 saturated heterocycles. The van der Waals surface area contributed by atoms with Crippen molar-refractivity contribution in [2.45, 2.75) is 32.6 Å². The highest BCUT2D eigenvalue weighted by atomic mass is 16.1. The molecule has 0 unspecified atom stereocenters. The molecule has 1 fully saturated rings. The summed E-state index contributed by atoms with van der Waals surface area (Å²) < 4.78 is 0. The molecule has 14 heavy (non-hydrogen) atoms. The molecule has 0 aromatic carbocycles. The van der Waals surface area contributed by atoms with Crippen LogP contribution in [0.15, 0.2) is 12.4 Å². The van der Waals surface area contributed by atoms with E-state index in [1.807, 2.05) is 6.92 Å². The first-order valence-corrected chi connectivity index (χ1v) is 5.07. The lowest BCUT2D eigenvalue weighted by Crippen LogP contribution is -2.03. The van der Waals surface area contributed by atoms with Crippen molar-refractivity contribution in [1.29, 1.82) is 0 Å². The monoisotopic (exact) mass is 190 g/mol. The number of carbonyl (C=O) groups excluding carboxylic acids is 1. The van der Waals surface area contributed by atoms with Crippen LogP contribution in [0.4, 0.5) is 0 Å².